The van der Waals surface area contributed by atoms with Crippen LogP contribution in [0, 0.1) is 0 Å². The number of nitrogens with two attached hydrogens (primary N) is 1. The molecule has 0 unspecified atom stereocenters. The smallest absolute Gasteiger partial charge is 0.259 e. The molecule has 0 aliphatic heterocycles. The first-order valence-electron chi connectivity index (χ1n) is 7.37. The van der Waals surface area contributed by atoms with E-state index in [-0.39, 0.29) is 17.4 Å². The minimum absolute atomic E-state index is 0.0459. The molecule has 2 heterocycles. The average Bonchev–Trinajstić information content (AvgIpc) is 3.02. The van der Waals surface area contributed by atoms with Gasteiger partial charge in [0.05, 0.1) is 7.11 Å². The van der Waals surface area contributed by atoms with Crippen molar-refractivity contribution in [3.63, 3.8) is 0 Å². The number of methoxy groups -OCH3 is 1. The number of pyridine rings is 1. The highest BCUT2D eigenvalue weighted by Crippen LogP contribution is 2.27. The first kappa shape index (κ1) is 17.0. The molecule has 3 rings (SSSR count). The van der Waals surface area contributed by atoms with Crippen molar-refractivity contribution in [3.05, 3.63) is 58.2 Å². The van der Waals surface area contributed by atoms with E-state index in [1.165, 1.54) is 7.11 Å². The van der Waals surface area contributed by atoms with Crippen LogP contribution in [0.4, 0.5) is 5.88 Å². The van der Waals surface area contributed by atoms with Crippen molar-refractivity contribution in [2.75, 3.05) is 12.8 Å². The van der Waals surface area contributed by atoms with Crippen LogP contribution in [0.15, 0.2) is 51.6 Å². The molecule has 0 bridgehead atoms. The van der Waals surface area contributed by atoms with Crippen LogP contribution in [0.25, 0.3) is 11.3 Å². The van der Waals surface area contributed by atoms with E-state index in [0.29, 0.717) is 23.7 Å². The molecule has 3 N–H and O–H groups in total. The Hall–Kier alpha value is -2.87. The molecule has 1 aromatic carbocycles. The van der Waals surface area contributed by atoms with Crippen LogP contribution in [0.1, 0.15) is 15.9 Å². The quantitative estimate of drug-likeness (QED) is 0.679. The number of rotatable bonds is 5. The van der Waals surface area contributed by atoms with Crippen LogP contribution in [-0.2, 0) is 6.54 Å². The third-order valence-corrected chi connectivity index (χ3v) is 4.34. The summed E-state index contributed by atoms with van der Waals surface area (Å²) < 4.78 is 10.9. The number of anilines is 1. The third kappa shape index (κ3) is 3.63. The number of hydrogen-bond donors (Lipinski definition) is 2. The van der Waals surface area contributed by atoms with E-state index >= 15 is 0 Å². The number of nitrogen functional groups attached to an aromatic ring is 1. The summed E-state index contributed by atoms with van der Waals surface area (Å²) in [7, 11) is 1.52. The summed E-state index contributed by atoms with van der Waals surface area (Å²) in [4.78, 5) is 16.7. The Labute approximate surface area is 152 Å². The lowest BCUT2D eigenvalue weighted by molar-refractivity contribution is 0.0952. The number of carbonyl (C=O) groups is 1. The topological polar surface area (TPSA) is 103 Å². The maximum atomic E-state index is 12.6. The Bertz CT molecular complexity index is 893. The van der Waals surface area contributed by atoms with E-state index in [9.17, 15) is 4.79 Å². The Morgan fingerprint density at radius 1 is 1.32 bits per heavy atom. The molecule has 1 amide bonds. The number of benzene rings is 1. The van der Waals surface area contributed by atoms with Gasteiger partial charge in [0.2, 0.25) is 11.8 Å². The van der Waals surface area contributed by atoms with Gasteiger partial charge in [-0.25, -0.2) is 4.98 Å². The molecule has 8 heteroatoms. The zero-order chi connectivity index (χ0) is 17.8. The maximum Gasteiger partial charge on any atom is 0.259 e. The number of hydrogen-bond acceptors (Lipinski definition) is 6. The minimum Gasteiger partial charge on any atom is -0.481 e. The van der Waals surface area contributed by atoms with Crippen LogP contribution in [0.5, 0.6) is 5.88 Å². The molecule has 7 nitrogen and oxygen atoms in total. The van der Waals surface area contributed by atoms with E-state index in [4.69, 9.17) is 15.0 Å². The molecule has 25 heavy (non-hydrogen) atoms. The molecule has 0 atom stereocenters. The number of carbonyl (C=O) groups excluding carboxylic acids is 1. The molecule has 0 saturated carbocycles. The monoisotopic (exact) mass is 402 g/mol. The molecule has 3 aromatic rings. The first-order chi connectivity index (χ1) is 12.1. The van der Waals surface area contributed by atoms with Gasteiger partial charge in [0, 0.05) is 28.8 Å². The van der Waals surface area contributed by atoms with Crippen molar-refractivity contribution in [3.8, 4) is 17.1 Å². The second-order valence-electron chi connectivity index (χ2n) is 5.13. The molecular formula is C17H15BrN4O3. The predicted octanol–water partition coefficient (Wildman–Crippen LogP) is 3.02. The lowest BCUT2D eigenvalue weighted by atomic mass is 10.1. The zero-order valence-electron chi connectivity index (χ0n) is 13.3. The lowest BCUT2D eigenvalue weighted by Crippen LogP contribution is -2.24. The molecular weight excluding hydrogens is 388 g/mol. The van der Waals surface area contributed by atoms with E-state index in [1.807, 2.05) is 24.3 Å². The number of aromatic nitrogens is 2. The Kier molecular flexibility index (Phi) is 4.99. The summed E-state index contributed by atoms with van der Waals surface area (Å²) in [6.07, 6.45) is 1.54. The maximum absolute atomic E-state index is 12.6. The molecule has 0 aliphatic rings. The SMILES string of the molecule is COc1ccc(-c2noc(N)c2C(=O)NCc2ccccc2Br)cn1. The van der Waals surface area contributed by atoms with Gasteiger partial charge in [0.25, 0.3) is 5.91 Å². The second kappa shape index (κ2) is 7.35. The fourth-order valence-electron chi connectivity index (χ4n) is 2.27. The summed E-state index contributed by atoms with van der Waals surface area (Å²) in [5.41, 5.74) is 7.85. The van der Waals surface area contributed by atoms with Gasteiger partial charge in [-0.15, -0.1) is 0 Å². The second-order valence-corrected chi connectivity index (χ2v) is 5.99. The Balaban J connectivity index is 1.83. The highest BCUT2D eigenvalue weighted by atomic mass is 79.9. The number of nitrogens with zero attached hydrogens (tertiary/aromatic N) is 2. The third-order valence-electron chi connectivity index (χ3n) is 3.56. The number of amides is 1. The first-order valence-corrected chi connectivity index (χ1v) is 8.16. The highest BCUT2D eigenvalue weighted by molar-refractivity contribution is 9.10. The summed E-state index contributed by atoms with van der Waals surface area (Å²) in [5, 5.41) is 6.71. The minimum atomic E-state index is -0.375. The molecule has 0 fully saturated rings. The summed E-state index contributed by atoms with van der Waals surface area (Å²) in [5.74, 6) is 0.0379. The average molecular weight is 403 g/mol. The van der Waals surface area contributed by atoms with E-state index in [1.54, 1.807) is 18.3 Å². The van der Waals surface area contributed by atoms with E-state index in [2.05, 4.69) is 31.4 Å². The standard InChI is InChI=1S/C17H15BrN4O3/c1-24-13-7-6-11(9-20-13)15-14(16(19)25-22-15)17(23)21-8-10-4-2-3-5-12(10)18/h2-7,9H,8,19H2,1H3,(H,21,23). The van der Waals surface area contributed by atoms with Crippen LogP contribution in [0.2, 0.25) is 0 Å². The zero-order valence-corrected chi connectivity index (χ0v) is 14.9. The van der Waals surface area contributed by atoms with E-state index in [0.717, 1.165) is 10.0 Å². The van der Waals surface area contributed by atoms with Crippen molar-refractivity contribution in [1.82, 2.24) is 15.5 Å². The fourth-order valence-corrected chi connectivity index (χ4v) is 2.69. The molecule has 2 aromatic heterocycles. The predicted molar refractivity (Wildman–Crippen MR) is 96.0 cm³/mol. The number of halogens is 1. The summed E-state index contributed by atoms with van der Waals surface area (Å²) in [6, 6.07) is 11.0. The molecule has 0 spiro atoms. The van der Waals surface area contributed by atoms with Crippen molar-refractivity contribution < 1.29 is 14.1 Å². The van der Waals surface area contributed by atoms with Gasteiger partial charge in [-0.05, 0) is 17.7 Å². The number of ether oxygens (including phenoxy) is 1. The molecule has 0 saturated heterocycles. The van der Waals surface area contributed by atoms with Crippen LogP contribution < -0.4 is 15.8 Å². The largest absolute Gasteiger partial charge is 0.481 e. The van der Waals surface area contributed by atoms with Gasteiger partial charge in [-0.2, -0.15) is 0 Å². The highest BCUT2D eigenvalue weighted by Gasteiger charge is 2.22. The lowest BCUT2D eigenvalue weighted by Gasteiger charge is -2.07. The van der Waals surface area contributed by atoms with E-state index < -0.39 is 0 Å². The van der Waals surface area contributed by atoms with Crippen LogP contribution >= 0.6 is 15.9 Å². The molecule has 0 aliphatic carbocycles. The van der Waals surface area contributed by atoms with Crippen LogP contribution in [0.3, 0.4) is 0 Å². The summed E-state index contributed by atoms with van der Waals surface area (Å²) in [6.45, 7) is 0.338. The Morgan fingerprint density at radius 3 is 2.80 bits per heavy atom. The van der Waals surface area contributed by atoms with Crippen molar-refractivity contribution >= 4 is 27.7 Å². The van der Waals surface area contributed by atoms with Crippen molar-refractivity contribution in [2.24, 2.45) is 0 Å². The van der Waals surface area contributed by atoms with Gasteiger partial charge in [0.1, 0.15) is 11.3 Å². The van der Waals surface area contributed by atoms with Crippen LogP contribution in [-0.4, -0.2) is 23.2 Å². The number of nitrogens with one attached hydrogen (secondary N) is 1. The van der Waals surface area contributed by atoms with Gasteiger partial charge in [-0.1, -0.05) is 39.3 Å². The van der Waals surface area contributed by atoms with Crippen molar-refractivity contribution in [1.29, 1.82) is 0 Å². The normalized spacial score (nSPS) is 10.5. The van der Waals surface area contributed by atoms with Gasteiger partial charge in [0.15, 0.2) is 0 Å². The Morgan fingerprint density at radius 2 is 2.12 bits per heavy atom. The van der Waals surface area contributed by atoms with Gasteiger partial charge in [-0.3, -0.25) is 4.79 Å². The van der Waals surface area contributed by atoms with Crippen molar-refractivity contribution in [2.45, 2.75) is 6.54 Å². The van der Waals surface area contributed by atoms with Gasteiger partial charge < -0.3 is 20.3 Å². The van der Waals surface area contributed by atoms with Gasteiger partial charge >= 0.3 is 0 Å². The molecule has 128 valence electrons. The fraction of sp³-hybridized carbons (Fsp3) is 0.118. The molecule has 0 radical (unpaired) electrons. The summed E-state index contributed by atoms with van der Waals surface area (Å²) >= 11 is 3.45.